The van der Waals surface area contributed by atoms with Gasteiger partial charge in [0.1, 0.15) is 0 Å². The molecule has 0 saturated heterocycles. The second kappa shape index (κ2) is 4.09. The van der Waals surface area contributed by atoms with Gasteiger partial charge >= 0.3 is 5.69 Å². The van der Waals surface area contributed by atoms with Gasteiger partial charge in [0.25, 0.3) is 0 Å². The van der Waals surface area contributed by atoms with Crippen molar-refractivity contribution in [2.24, 2.45) is 0 Å². The van der Waals surface area contributed by atoms with Crippen LogP contribution in [0, 0.1) is 0 Å². The van der Waals surface area contributed by atoms with Gasteiger partial charge in [-0.1, -0.05) is 37.3 Å². The second-order valence-corrected chi connectivity index (χ2v) is 3.31. The molecule has 15 heavy (non-hydrogen) atoms. The zero-order valence-electron chi connectivity index (χ0n) is 8.53. The molecule has 0 atom stereocenters. The Labute approximate surface area is 87.8 Å². The van der Waals surface area contributed by atoms with E-state index in [-0.39, 0.29) is 5.69 Å². The first-order valence-electron chi connectivity index (χ1n) is 4.95. The Bertz CT molecular complexity index is 503. The zero-order valence-corrected chi connectivity index (χ0v) is 8.53. The van der Waals surface area contributed by atoms with Crippen molar-refractivity contribution in [2.75, 3.05) is 0 Å². The molecule has 1 aromatic heterocycles. The molecule has 3 nitrogen and oxygen atoms in total. The molecule has 2 aromatic rings. The van der Waals surface area contributed by atoms with Crippen LogP contribution in [0.2, 0.25) is 0 Å². The van der Waals surface area contributed by atoms with Gasteiger partial charge in [-0.2, -0.15) is 0 Å². The molecule has 2 rings (SSSR count). The van der Waals surface area contributed by atoms with Gasteiger partial charge in [-0.25, -0.2) is 9.78 Å². The van der Waals surface area contributed by atoms with E-state index >= 15 is 0 Å². The number of benzene rings is 1. The molecular formula is C12H12N2O. The summed E-state index contributed by atoms with van der Waals surface area (Å²) in [7, 11) is 0. The van der Waals surface area contributed by atoms with E-state index < -0.39 is 0 Å². The van der Waals surface area contributed by atoms with Crippen molar-refractivity contribution in [1.29, 1.82) is 0 Å². The van der Waals surface area contributed by atoms with E-state index in [0.29, 0.717) is 0 Å². The average Bonchev–Trinajstić information content (AvgIpc) is 2.30. The van der Waals surface area contributed by atoms with E-state index in [2.05, 4.69) is 9.97 Å². The highest BCUT2D eigenvalue weighted by molar-refractivity contribution is 5.62. The largest absolute Gasteiger partial charge is 0.345 e. The number of nitrogens with zero attached hydrogens (tertiary/aromatic N) is 1. The van der Waals surface area contributed by atoms with Crippen LogP contribution in [0.1, 0.15) is 12.5 Å². The molecule has 1 heterocycles. The van der Waals surface area contributed by atoms with Crippen LogP contribution < -0.4 is 5.69 Å². The number of H-pyrrole nitrogens is 1. The molecule has 3 heteroatoms. The van der Waals surface area contributed by atoms with Gasteiger partial charge < -0.3 is 4.98 Å². The Balaban J connectivity index is 2.61. The van der Waals surface area contributed by atoms with Crippen LogP contribution in [0.15, 0.2) is 41.3 Å². The molecule has 76 valence electrons. The summed E-state index contributed by atoms with van der Waals surface area (Å²) in [5.41, 5.74) is 2.65. The topological polar surface area (TPSA) is 45.8 Å². The monoisotopic (exact) mass is 200 g/mol. The van der Waals surface area contributed by atoms with Crippen LogP contribution in [0.5, 0.6) is 0 Å². The quantitative estimate of drug-likeness (QED) is 0.805. The average molecular weight is 200 g/mol. The Morgan fingerprint density at radius 3 is 2.67 bits per heavy atom. The summed E-state index contributed by atoms with van der Waals surface area (Å²) in [5, 5.41) is 0. The number of rotatable bonds is 2. The van der Waals surface area contributed by atoms with Crippen molar-refractivity contribution in [3.05, 3.63) is 52.6 Å². The highest BCUT2D eigenvalue weighted by atomic mass is 16.1. The van der Waals surface area contributed by atoms with Crippen molar-refractivity contribution in [1.82, 2.24) is 9.97 Å². The van der Waals surface area contributed by atoms with Crippen molar-refractivity contribution < 1.29 is 0 Å². The first-order chi connectivity index (χ1) is 7.31. The molecule has 0 aliphatic carbocycles. The van der Waals surface area contributed by atoms with Crippen molar-refractivity contribution in [3.63, 3.8) is 0 Å². The van der Waals surface area contributed by atoms with E-state index in [1.54, 1.807) is 6.20 Å². The van der Waals surface area contributed by atoms with E-state index in [4.69, 9.17) is 0 Å². The van der Waals surface area contributed by atoms with Crippen LogP contribution in [0.25, 0.3) is 11.3 Å². The summed E-state index contributed by atoms with van der Waals surface area (Å²) in [6, 6.07) is 9.81. The molecule has 0 fully saturated rings. The molecule has 1 N–H and O–H groups in total. The molecule has 0 unspecified atom stereocenters. The first kappa shape index (κ1) is 9.65. The number of aromatic amines is 1. The molecule has 0 amide bonds. The van der Waals surface area contributed by atoms with Gasteiger partial charge in [-0.05, 0) is 17.5 Å². The Morgan fingerprint density at radius 1 is 1.27 bits per heavy atom. The maximum atomic E-state index is 11.2. The van der Waals surface area contributed by atoms with Crippen molar-refractivity contribution >= 4 is 0 Å². The number of hydrogen-bond acceptors (Lipinski definition) is 2. The van der Waals surface area contributed by atoms with Gasteiger partial charge in [0.15, 0.2) is 0 Å². The number of nitrogens with one attached hydrogen (secondary N) is 1. The van der Waals surface area contributed by atoms with Crippen LogP contribution in [0.4, 0.5) is 0 Å². The first-order valence-corrected chi connectivity index (χ1v) is 4.95. The summed E-state index contributed by atoms with van der Waals surface area (Å²) in [4.78, 5) is 17.7. The van der Waals surface area contributed by atoms with E-state index in [9.17, 15) is 4.79 Å². The van der Waals surface area contributed by atoms with Crippen LogP contribution in [-0.4, -0.2) is 9.97 Å². The number of aromatic nitrogens is 2. The summed E-state index contributed by atoms with van der Waals surface area (Å²) < 4.78 is 0. The lowest BCUT2D eigenvalue weighted by Gasteiger charge is -2.05. The fraction of sp³-hybridized carbons (Fsp3) is 0.167. The van der Waals surface area contributed by atoms with Gasteiger partial charge in [-0.3, -0.25) is 0 Å². The minimum Gasteiger partial charge on any atom is -0.305 e. The van der Waals surface area contributed by atoms with Crippen LogP contribution >= 0.6 is 0 Å². The summed E-state index contributed by atoms with van der Waals surface area (Å²) in [6.07, 6.45) is 2.50. The second-order valence-electron chi connectivity index (χ2n) is 3.31. The fourth-order valence-corrected chi connectivity index (χ4v) is 1.55. The standard InChI is InChI=1S/C12H12N2O/c1-2-9-8-13-12(15)14-11(9)10-6-4-3-5-7-10/h3-8H,2H2,1H3,(H,13,14,15). The predicted octanol–water partition coefficient (Wildman–Crippen LogP) is 2.00. The molecular weight excluding hydrogens is 188 g/mol. The third-order valence-electron chi connectivity index (χ3n) is 2.33. The smallest absolute Gasteiger partial charge is 0.305 e. The van der Waals surface area contributed by atoms with Gasteiger partial charge in [0.05, 0.1) is 5.69 Å². The fourth-order valence-electron chi connectivity index (χ4n) is 1.55. The van der Waals surface area contributed by atoms with Gasteiger partial charge in [0.2, 0.25) is 0 Å². The third kappa shape index (κ3) is 1.96. The minimum absolute atomic E-state index is 0.300. The number of aryl methyl sites for hydroxylation is 1. The lowest BCUT2D eigenvalue weighted by Crippen LogP contribution is -2.12. The molecule has 0 radical (unpaired) electrons. The summed E-state index contributed by atoms with van der Waals surface area (Å²) in [5.74, 6) is 0. The van der Waals surface area contributed by atoms with Crippen molar-refractivity contribution in [3.8, 4) is 11.3 Å². The minimum atomic E-state index is -0.300. The SMILES string of the molecule is CCc1cnc(=O)[nH]c1-c1ccccc1. The normalized spacial score (nSPS) is 10.2. The highest BCUT2D eigenvalue weighted by Crippen LogP contribution is 2.19. The molecule has 0 saturated carbocycles. The Hall–Kier alpha value is -1.90. The number of hydrogen-bond donors (Lipinski definition) is 1. The highest BCUT2D eigenvalue weighted by Gasteiger charge is 2.04. The molecule has 0 spiro atoms. The third-order valence-corrected chi connectivity index (χ3v) is 2.33. The zero-order chi connectivity index (χ0) is 10.7. The molecule has 0 bridgehead atoms. The lowest BCUT2D eigenvalue weighted by atomic mass is 10.1. The van der Waals surface area contributed by atoms with Crippen LogP contribution in [-0.2, 0) is 6.42 Å². The maximum Gasteiger partial charge on any atom is 0.345 e. The summed E-state index contributed by atoms with van der Waals surface area (Å²) in [6.45, 7) is 2.04. The Kier molecular flexibility index (Phi) is 2.63. The predicted molar refractivity (Wildman–Crippen MR) is 59.7 cm³/mol. The molecule has 0 aliphatic heterocycles. The molecule has 1 aromatic carbocycles. The van der Waals surface area contributed by atoms with Crippen LogP contribution in [0.3, 0.4) is 0 Å². The van der Waals surface area contributed by atoms with E-state index in [0.717, 1.165) is 23.2 Å². The van der Waals surface area contributed by atoms with E-state index in [1.165, 1.54) is 0 Å². The summed E-state index contributed by atoms with van der Waals surface area (Å²) >= 11 is 0. The van der Waals surface area contributed by atoms with Gasteiger partial charge in [-0.15, -0.1) is 0 Å². The lowest BCUT2D eigenvalue weighted by molar-refractivity contribution is 1.01. The Morgan fingerprint density at radius 2 is 2.00 bits per heavy atom. The maximum absolute atomic E-state index is 11.2. The van der Waals surface area contributed by atoms with Gasteiger partial charge in [0, 0.05) is 6.20 Å². The van der Waals surface area contributed by atoms with E-state index in [1.807, 2.05) is 37.3 Å². The molecule has 0 aliphatic rings. The van der Waals surface area contributed by atoms with Crippen molar-refractivity contribution in [2.45, 2.75) is 13.3 Å².